The van der Waals surface area contributed by atoms with Crippen LogP contribution in [0, 0.1) is 11.9 Å². The average molecular weight is 301 g/mol. The van der Waals surface area contributed by atoms with Crippen molar-refractivity contribution in [1.29, 1.82) is 0 Å². The first kappa shape index (κ1) is 14.8. The van der Waals surface area contributed by atoms with Gasteiger partial charge in [0.2, 0.25) is 5.91 Å². The maximum atomic E-state index is 14.1. The summed E-state index contributed by atoms with van der Waals surface area (Å²) in [6, 6.07) is 8.03. The molecule has 0 saturated carbocycles. The Morgan fingerprint density at radius 3 is 3.00 bits per heavy atom. The number of anilines is 1. The van der Waals surface area contributed by atoms with Gasteiger partial charge in [0.1, 0.15) is 5.69 Å². The fourth-order valence-corrected chi connectivity index (χ4v) is 2.96. The predicted octanol–water partition coefficient (Wildman–Crippen LogP) is 3.53. The zero-order valence-electron chi connectivity index (χ0n) is 12.9. The molecule has 5 heteroatoms. The fourth-order valence-electron chi connectivity index (χ4n) is 2.96. The molecule has 116 valence electrons. The number of benzene rings is 1. The molecule has 1 unspecified atom stereocenters. The molecule has 0 aliphatic carbocycles. The van der Waals surface area contributed by atoms with Gasteiger partial charge in [-0.15, -0.1) is 5.10 Å². The van der Waals surface area contributed by atoms with Crippen LogP contribution < -0.4 is 5.32 Å². The Bertz CT molecular complexity index is 708. The Morgan fingerprint density at radius 1 is 1.36 bits per heavy atom. The first-order valence-corrected chi connectivity index (χ1v) is 7.69. The van der Waals surface area contributed by atoms with Gasteiger partial charge in [-0.25, -0.2) is 0 Å². The second-order valence-corrected chi connectivity index (χ2v) is 5.97. The van der Waals surface area contributed by atoms with Gasteiger partial charge in [-0.3, -0.25) is 9.48 Å². The highest BCUT2D eigenvalue weighted by atomic mass is 19.1. The zero-order valence-corrected chi connectivity index (χ0v) is 12.9. The highest BCUT2D eigenvalue weighted by molar-refractivity contribution is 5.96. The van der Waals surface area contributed by atoms with Crippen molar-refractivity contribution in [1.82, 2.24) is 9.78 Å². The monoisotopic (exact) mass is 301 g/mol. The topological polar surface area (TPSA) is 46.9 Å². The van der Waals surface area contributed by atoms with Crippen LogP contribution in [0.3, 0.4) is 0 Å². The minimum atomic E-state index is -0.638. The van der Waals surface area contributed by atoms with E-state index in [1.807, 2.05) is 19.1 Å². The Balaban J connectivity index is 2.13. The summed E-state index contributed by atoms with van der Waals surface area (Å²) < 4.78 is 15.6. The number of aryl methyl sites for hydroxylation is 2. The lowest BCUT2D eigenvalue weighted by Crippen LogP contribution is -2.21. The zero-order chi connectivity index (χ0) is 15.7. The molecule has 22 heavy (non-hydrogen) atoms. The van der Waals surface area contributed by atoms with Crippen LogP contribution in [0.5, 0.6) is 0 Å². The summed E-state index contributed by atoms with van der Waals surface area (Å²) in [5, 5.41) is 6.56. The van der Waals surface area contributed by atoms with Gasteiger partial charge in [-0.1, -0.05) is 31.5 Å². The minimum absolute atomic E-state index is 0.134. The van der Waals surface area contributed by atoms with Gasteiger partial charge in [0.15, 0.2) is 0 Å². The normalized spacial score (nSPS) is 18.9. The average Bonchev–Trinajstić information content (AvgIpc) is 2.77. The van der Waals surface area contributed by atoms with Crippen molar-refractivity contribution in [2.75, 3.05) is 5.32 Å². The van der Waals surface area contributed by atoms with Crippen molar-refractivity contribution < 1.29 is 9.18 Å². The van der Waals surface area contributed by atoms with E-state index >= 15 is 0 Å². The molecule has 1 aromatic carbocycles. The van der Waals surface area contributed by atoms with E-state index in [1.54, 1.807) is 7.05 Å². The maximum Gasteiger partial charge on any atom is 0.256 e. The van der Waals surface area contributed by atoms with Gasteiger partial charge >= 0.3 is 0 Å². The van der Waals surface area contributed by atoms with E-state index in [2.05, 4.69) is 22.5 Å². The first-order valence-electron chi connectivity index (χ1n) is 7.69. The highest BCUT2D eigenvalue weighted by Crippen LogP contribution is 2.31. The van der Waals surface area contributed by atoms with Gasteiger partial charge in [0.25, 0.3) is 5.95 Å². The molecule has 0 spiro atoms. The number of hydrogen-bond acceptors (Lipinski definition) is 2. The van der Waals surface area contributed by atoms with Crippen LogP contribution in [0.25, 0.3) is 11.3 Å². The lowest BCUT2D eigenvalue weighted by atomic mass is 9.97. The number of nitrogens with one attached hydrogen (secondary N) is 1. The van der Waals surface area contributed by atoms with Crippen LogP contribution in [-0.4, -0.2) is 15.7 Å². The lowest BCUT2D eigenvalue weighted by molar-refractivity contribution is -0.119. The number of halogens is 1. The Morgan fingerprint density at radius 2 is 2.18 bits per heavy atom. The quantitative estimate of drug-likeness (QED) is 0.809. The summed E-state index contributed by atoms with van der Waals surface area (Å²) in [5.74, 6) is -0.921. The number of aromatic nitrogens is 2. The summed E-state index contributed by atoms with van der Waals surface area (Å²) in [5.41, 5.74) is 2.89. The molecular formula is C17H20FN3O. The number of amides is 1. The van der Waals surface area contributed by atoms with E-state index < -0.39 is 5.95 Å². The van der Waals surface area contributed by atoms with E-state index in [1.165, 1.54) is 10.2 Å². The third kappa shape index (κ3) is 2.75. The largest absolute Gasteiger partial charge is 0.320 e. The van der Waals surface area contributed by atoms with Crippen LogP contribution in [0.15, 0.2) is 24.3 Å². The number of rotatable bonds is 0. The number of fused-ring (bicyclic) bond motifs is 4. The molecule has 3 rings (SSSR count). The molecule has 2 bridgehead atoms. The summed E-state index contributed by atoms with van der Waals surface area (Å²) in [6.07, 6.45) is 3.81. The summed E-state index contributed by atoms with van der Waals surface area (Å²) >= 11 is 0. The van der Waals surface area contributed by atoms with Crippen LogP contribution in [-0.2, 0) is 18.3 Å². The SMILES string of the molecule is CC1CCCCc2cccc(c2)-c2c(c(F)nn2C)NC1=O. The van der Waals surface area contributed by atoms with E-state index in [9.17, 15) is 9.18 Å². The maximum absolute atomic E-state index is 14.1. The smallest absolute Gasteiger partial charge is 0.256 e. The molecule has 1 amide bonds. The van der Waals surface area contributed by atoms with E-state index in [-0.39, 0.29) is 17.5 Å². The Hall–Kier alpha value is -2.17. The number of carbonyl (C=O) groups excluding carboxylic acids is 1. The Kier molecular flexibility index (Phi) is 3.96. The van der Waals surface area contributed by atoms with Crippen molar-refractivity contribution in [3.05, 3.63) is 35.8 Å². The minimum Gasteiger partial charge on any atom is -0.320 e. The second-order valence-electron chi connectivity index (χ2n) is 5.97. The van der Waals surface area contributed by atoms with Gasteiger partial charge in [0.05, 0.1) is 5.69 Å². The molecule has 2 heterocycles. The lowest BCUT2D eigenvalue weighted by Gasteiger charge is -2.15. The number of nitrogens with zero attached hydrogens (tertiary/aromatic N) is 2. The molecule has 1 aliphatic heterocycles. The molecule has 1 aliphatic rings. The van der Waals surface area contributed by atoms with Crippen molar-refractivity contribution >= 4 is 11.6 Å². The third-order valence-corrected chi connectivity index (χ3v) is 4.25. The second kappa shape index (κ2) is 5.91. The third-order valence-electron chi connectivity index (χ3n) is 4.25. The van der Waals surface area contributed by atoms with Crippen molar-refractivity contribution in [2.45, 2.75) is 32.6 Å². The summed E-state index contributed by atoms with van der Waals surface area (Å²) in [7, 11) is 1.69. The predicted molar refractivity (Wildman–Crippen MR) is 84.0 cm³/mol. The van der Waals surface area contributed by atoms with Crippen LogP contribution in [0.1, 0.15) is 31.7 Å². The molecular weight excluding hydrogens is 281 g/mol. The fraction of sp³-hybridized carbons (Fsp3) is 0.412. The van der Waals surface area contributed by atoms with Gasteiger partial charge in [-0.2, -0.15) is 4.39 Å². The van der Waals surface area contributed by atoms with Crippen molar-refractivity contribution in [2.24, 2.45) is 13.0 Å². The molecule has 0 radical (unpaired) electrons. The Labute approximate surface area is 129 Å². The van der Waals surface area contributed by atoms with Crippen LogP contribution in [0.2, 0.25) is 0 Å². The number of hydrogen-bond donors (Lipinski definition) is 1. The van der Waals surface area contributed by atoms with E-state index in [4.69, 9.17) is 0 Å². The molecule has 4 nitrogen and oxygen atoms in total. The first-order chi connectivity index (χ1) is 10.6. The van der Waals surface area contributed by atoms with Crippen LogP contribution in [0.4, 0.5) is 10.1 Å². The van der Waals surface area contributed by atoms with Gasteiger partial charge in [-0.05, 0) is 30.9 Å². The van der Waals surface area contributed by atoms with Gasteiger partial charge in [0, 0.05) is 18.5 Å². The van der Waals surface area contributed by atoms with Gasteiger partial charge < -0.3 is 5.32 Å². The molecule has 1 aromatic heterocycles. The highest BCUT2D eigenvalue weighted by Gasteiger charge is 2.22. The molecule has 0 fully saturated rings. The van der Waals surface area contributed by atoms with Crippen LogP contribution >= 0.6 is 0 Å². The van der Waals surface area contributed by atoms with Crippen molar-refractivity contribution in [3.63, 3.8) is 0 Å². The molecule has 1 N–H and O–H groups in total. The summed E-state index contributed by atoms with van der Waals surface area (Å²) in [4.78, 5) is 12.3. The van der Waals surface area contributed by atoms with Crippen molar-refractivity contribution in [3.8, 4) is 11.3 Å². The molecule has 2 aromatic rings. The van der Waals surface area contributed by atoms with E-state index in [0.717, 1.165) is 31.2 Å². The summed E-state index contributed by atoms with van der Waals surface area (Å²) in [6.45, 7) is 1.88. The number of carbonyl (C=O) groups is 1. The van der Waals surface area contributed by atoms with E-state index in [0.29, 0.717) is 5.69 Å². The molecule has 0 saturated heterocycles. The standard InChI is InChI=1S/C17H20FN3O/c1-11-6-3-4-7-12-8-5-9-13(10-12)15-14(19-17(11)22)16(18)20-21(15)2/h5,8-11H,3-4,6-7H2,1-2H3,(H,19,22). The molecule has 1 atom stereocenters.